The minimum Gasteiger partial charge on any atom is -0.396 e. The largest absolute Gasteiger partial charge is 0.396 e. The molecule has 0 saturated carbocycles. The molecule has 0 aromatic heterocycles. The Hall–Kier alpha value is -0.640. The zero-order chi connectivity index (χ0) is 12.4. The minimum atomic E-state index is -0.526. The lowest BCUT2D eigenvalue weighted by Crippen LogP contribution is -2.35. The van der Waals surface area contributed by atoms with Crippen LogP contribution in [0.2, 0.25) is 0 Å². The molecule has 2 N–H and O–H groups in total. The summed E-state index contributed by atoms with van der Waals surface area (Å²) in [7, 11) is 0. The van der Waals surface area contributed by atoms with Crippen molar-refractivity contribution in [3.05, 3.63) is 24.3 Å². The lowest BCUT2D eigenvalue weighted by Gasteiger charge is -2.29. The van der Waals surface area contributed by atoms with Crippen molar-refractivity contribution in [1.82, 2.24) is 0 Å². The van der Waals surface area contributed by atoms with Crippen LogP contribution in [0, 0.1) is 5.41 Å². The van der Waals surface area contributed by atoms with Gasteiger partial charge in [-0.1, -0.05) is 31.2 Å². The maximum atomic E-state index is 9.27. The first kappa shape index (κ1) is 15.4. The smallest absolute Gasteiger partial charge is 0.0937 e. The highest BCUT2D eigenvalue weighted by Gasteiger charge is 2.27. The van der Waals surface area contributed by atoms with Gasteiger partial charge in [0.1, 0.15) is 0 Å². The number of hydrogen-bond donors (Lipinski definition) is 2. The Bertz CT molecular complexity index is 197. The quantitative estimate of drug-likeness (QED) is 0.624. The molecule has 0 radical (unpaired) electrons. The maximum absolute atomic E-state index is 9.27. The molecule has 0 saturated heterocycles. The average Bonchev–Trinajstić information content (AvgIpc) is 2.32. The predicted octanol–water partition coefficient (Wildman–Crippen LogP) is 1.90. The van der Waals surface area contributed by atoms with E-state index in [1.54, 1.807) is 0 Å². The van der Waals surface area contributed by atoms with E-state index >= 15 is 0 Å². The summed E-state index contributed by atoms with van der Waals surface area (Å²) in [6.07, 6.45) is 8.34. The molecular formula is C13H24O3. The Morgan fingerprint density at radius 3 is 1.94 bits per heavy atom. The van der Waals surface area contributed by atoms with Gasteiger partial charge in [-0.2, -0.15) is 0 Å². The van der Waals surface area contributed by atoms with Crippen LogP contribution >= 0.6 is 0 Å². The molecule has 3 nitrogen and oxygen atoms in total. The van der Waals surface area contributed by atoms with Crippen molar-refractivity contribution in [3.63, 3.8) is 0 Å². The summed E-state index contributed by atoms with van der Waals surface area (Å²) >= 11 is 0. The maximum Gasteiger partial charge on any atom is 0.0937 e. The summed E-state index contributed by atoms with van der Waals surface area (Å²) in [6.45, 7) is 6.05. The third-order valence-corrected chi connectivity index (χ3v) is 2.77. The van der Waals surface area contributed by atoms with Gasteiger partial charge < -0.3 is 14.9 Å². The van der Waals surface area contributed by atoms with Crippen LogP contribution in [0.25, 0.3) is 0 Å². The van der Waals surface area contributed by atoms with Crippen LogP contribution in [0.15, 0.2) is 24.3 Å². The van der Waals surface area contributed by atoms with E-state index in [2.05, 4.69) is 0 Å². The van der Waals surface area contributed by atoms with Crippen molar-refractivity contribution in [2.24, 2.45) is 5.41 Å². The summed E-state index contributed by atoms with van der Waals surface area (Å²) < 4.78 is 5.67. The monoisotopic (exact) mass is 228 g/mol. The lowest BCUT2D eigenvalue weighted by atomic mass is 9.88. The highest BCUT2D eigenvalue weighted by Crippen LogP contribution is 2.21. The van der Waals surface area contributed by atoms with Crippen LogP contribution in [0.3, 0.4) is 0 Å². The zero-order valence-electron chi connectivity index (χ0n) is 10.5. The van der Waals surface area contributed by atoms with E-state index in [0.29, 0.717) is 13.0 Å². The third-order valence-electron chi connectivity index (χ3n) is 2.77. The van der Waals surface area contributed by atoms with Crippen LogP contribution < -0.4 is 0 Å². The summed E-state index contributed by atoms with van der Waals surface area (Å²) in [4.78, 5) is 0. The Morgan fingerprint density at radius 2 is 1.62 bits per heavy atom. The molecular weight excluding hydrogens is 204 g/mol. The molecule has 0 bridgehead atoms. The molecule has 0 amide bonds. The molecule has 0 aromatic rings. The number of allylic oxidation sites excluding steroid dienone is 2. The van der Waals surface area contributed by atoms with Crippen LogP contribution in [0.4, 0.5) is 0 Å². The molecule has 0 aromatic carbocycles. The van der Waals surface area contributed by atoms with E-state index in [1.807, 2.05) is 45.1 Å². The lowest BCUT2D eigenvalue weighted by molar-refractivity contribution is -0.0367. The van der Waals surface area contributed by atoms with E-state index in [9.17, 15) is 10.2 Å². The van der Waals surface area contributed by atoms with E-state index in [0.717, 1.165) is 0 Å². The van der Waals surface area contributed by atoms with Gasteiger partial charge in [0.05, 0.1) is 25.9 Å². The topological polar surface area (TPSA) is 49.7 Å². The second kappa shape index (κ2) is 8.50. The fourth-order valence-electron chi connectivity index (χ4n) is 1.29. The highest BCUT2D eigenvalue weighted by atomic mass is 16.5. The third kappa shape index (κ3) is 4.92. The standard InChI is InChI=1S/C13H24O3/c1-4-7-12(8-5-2)16-11-13(6-3,9-14)10-15/h4-5,7-8,12,14-15H,6,9-11H2,1-3H3. The second-order valence-corrected chi connectivity index (χ2v) is 4.00. The molecule has 0 atom stereocenters. The first-order chi connectivity index (χ1) is 7.67. The molecule has 0 aliphatic heterocycles. The van der Waals surface area contributed by atoms with Crippen molar-refractivity contribution in [3.8, 4) is 0 Å². The molecule has 16 heavy (non-hydrogen) atoms. The normalized spacial score (nSPS) is 15.1. The van der Waals surface area contributed by atoms with Gasteiger partial charge in [0, 0.05) is 5.41 Å². The number of hydrogen-bond acceptors (Lipinski definition) is 3. The molecule has 0 aliphatic rings. The molecule has 0 heterocycles. The van der Waals surface area contributed by atoms with Gasteiger partial charge in [-0.3, -0.25) is 0 Å². The van der Waals surface area contributed by atoms with Crippen LogP contribution in [0.5, 0.6) is 0 Å². The average molecular weight is 228 g/mol. The number of aliphatic hydroxyl groups is 2. The van der Waals surface area contributed by atoms with E-state index < -0.39 is 5.41 Å². The van der Waals surface area contributed by atoms with Gasteiger partial charge in [0.15, 0.2) is 0 Å². The van der Waals surface area contributed by atoms with Crippen molar-refractivity contribution >= 4 is 0 Å². The molecule has 0 unspecified atom stereocenters. The Morgan fingerprint density at radius 1 is 1.12 bits per heavy atom. The van der Waals surface area contributed by atoms with Crippen LogP contribution in [0.1, 0.15) is 27.2 Å². The highest BCUT2D eigenvalue weighted by molar-refractivity contribution is 5.00. The molecule has 3 heteroatoms. The zero-order valence-corrected chi connectivity index (χ0v) is 10.5. The van der Waals surface area contributed by atoms with Crippen LogP contribution in [-0.4, -0.2) is 36.1 Å². The van der Waals surface area contributed by atoms with Gasteiger partial charge in [0.2, 0.25) is 0 Å². The van der Waals surface area contributed by atoms with Gasteiger partial charge >= 0.3 is 0 Å². The summed E-state index contributed by atoms with van der Waals surface area (Å²) in [5.74, 6) is 0. The van der Waals surface area contributed by atoms with Crippen molar-refractivity contribution in [2.75, 3.05) is 19.8 Å². The molecule has 0 fully saturated rings. The first-order valence-electron chi connectivity index (χ1n) is 5.77. The Balaban J connectivity index is 4.36. The SMILES string of the molecule is CC=CC(C=CC)OCC(CC)(CO)CO. The first-order valence-corrected chi connectivity index (χ1v) is 5.77. The van der Waals surface area contributed by atoms with Gasteiger partial charge in [0.25, 0.3) is 0 Å². The fourth-order valence-corrected chi connectivity index (χ4v) is 1.29. The van der Waals surface area contributed by atoms with Crippen LogP contribution in [-0.2, 0) is 4.74 Å². The number of ether oxygens (including phenoxy) is 1. The van der Waals surface area contributed by atoms with Gasteiger partial charge in [-0.25, -0.2) is 0 Å². The van der Waals surface area contributed by atoms with Crippen molar-refractivity contribution in [2.45, 2.75) is 33.3 Å². The van der Waals surface area contributed by atoms with Crippen molar-refractivity contribution in [1.29, 1.82) is 0 Å². The molecule has 94 valence electrons. The van der Waals surface area contributed by atoms with E-state index in [1.165, 1.54) is 0 Å². The molecule has 0 aliphatic carbocycles. The van der Waals surface area contributed by atoms with E-state index in [4.69, 9.17) is 4.74 Å². The predicted molar refractivity (Wildman–Crippen MR) is 66.3 cm³/mol. The van der Waals surface area contributed by atoms with Crippen molar-refractivity contribution < 1.29 is 14.9 Å². The molecule has 0 spiro atoms. The van der Waals surface area contributed by atoms with E-state index in [-0.39, 0.29) is 19.3 Å². The Kier molecular flexibility index (Phi) is 8.16. The summed E-state index contributed by atoms with van der Waals surface area (Å²) in [5.41, 5.74) is -0.526. The van der Waals surface area contributed by atoms with Gasteiger partial charge in [-0.05, 0) is 20.3 Å². The summed E-state index contributed by atoms with van der Waals surface area (Å²) in [5, 5.41) is 18.5. The molecule has 0 rings (SSSR count). The number of aliphatic hydroxyl groups excluding tert-OH is 2. The number of rotatable bonds is 8. The summed E-state index contributed by atoms with van der Waals surface area (Å²) in [6, 6.07) is 0. The fraction of sp³-hybridized carbons (Fsp3) is 0.692. The minimum absolute atomic E-state index is 0.0571. The Labute approximate surface area is 98.4 Å². The van der Waals surface area contributed by atoms with Gasteiger partial charge in [-0.15, -0.1) is 0 Å². The second-order valence-electron chi connectivity index (χ2n) is 4.00.